The zero-order chi connectivity index (χ0) is 13.9. The molecule has 0 radical (unpaired) electrons. The van der Waals surface area contributed by atoms with Crippen LogP contribution in [0.4, 0.5) is 0 Å². The predicted molar refractivity (Wildman–Crippen MR) is 85.5 cm³/mol. The quantitative estimate of drug-likeness (QED) is 0.753. The van der Waals surface area contributed by atoms with Gasteiger partial charge in [0.25, 0.3) is 0 Å². The Hall–Kier alpha value is -1.65. The highest BCUT2D eigenvalue weighted by Crippen LogP contribution is 2.16. The summed E-state index contributed by atoms with van der Waals surface area (Å²) in [5.74, 6) is 0.975. The van der Waals surface area contributed by atoms with Crippen molar-refractivity contribution in [2.45, 2.75) is 19.5 Å². The summed E-state index contributed by atoms with van der Waals surface area (Å²) >= 11 is 3.45. The van der Waals surface area contributed by atoms with Crippen molar-refractivity contribution in [1.29, 1.82) is 0 Å². The third-order valence-corrected chi connectivity index (χ3v) is 3.87. The van der Waals surface area contributed by atoms with E-state index in [4.69, 9.17) is 0 Å². The highest BCUT2D eigenvalue weighted by atomic mass is 79.9. The van der Waals surface area contributed by atoms with Gasteiger partial charge in [0.15, 0.2) is 0 Å². The van der Waals surface area contributed by atoms with Crippen LogP contribution in [-0.2, 0) is 6.54 Å². The van der Waals surface area contributed by atoms with Crippen LogP contribution in [0.3, 0.4) is 0 Å². The number of hydrogen-bond donors (Lipinski definition) is 2. The molecule has 3 nitrogen and oxygen atoms in total. The van der Waals surface area contributed by atoms with E-state index in [1.54, 1.807) is 0 Å². The Morgan fingerprint density at radius 3 is 2.65 bits per heavy atom. The Balaban J connectivity index is 1.69. The summed E-state index contributed by atoms with van der Waals surface area (Å²) in [4.78, 5) is 7.97. The first-order valence-corrected chi connectivity index (χ1v) is 7.44. The van der Waals surface area contributed by atoms with Crippen LogP contribution in [0.1, 0.15) is 24.4 Å². The van der Waals surface area contributed by atoms with Crippen molar-refractivity contribution >= 4 is 27.0 Å². The maximum absolute atomic E-state index is 4.61. The van der Waals surface area contributed by atoms with Crippen molar-refractivity contribution < 1.29 is 0 Å². The number of aromatic amines is 1. The molecular formula is C16H16BrN3. The van der Waals surface area contributed by atoms with Crippen molar-refractivity contribution in [3.63, 3.8) is 0 Å². The number of nitrogens with one attached hydrogen (secondary N) is 2. The fraction of sp³-hybridized carbons (Fsp3) is 0.188. The van der Waals surface area contributed by atoms with E-state index < -0.39 is 0 Å². The van der Waals surface area contributed by atoms with Gasteiger partial charge in [-0.1, -0.05) is 40.2 Å². The summed E-state index contributed by atoms with van der Waals surface area (Å²) in [5, 5.41) is 3.49. The van der Waals surface area contributed by atoms with Crippen LogP contribution in [0, 0.1) is 0 Å². The van der Waals surface area contributed by atoms with E-state index in [0.29, 0.717) is 0 Å². The molecule has 3 rings (SSSR count). The molecule has 0 amide bonds. The zero-order valence-electron chi connectivity index (χ0n) is 11.2. The summed E-state index contributed by atoms with van der Waals surface area (Å²) in [5.41, 5.74) is 3.36. The topological polar surface area (TPSA) is 40.7 Å². The smallest absolute Gasteiger partial charge is 0.124 e. The minimum Gasteiger partial charge on any atom is -0.341 e. The first kappa shape index (κ1) is 13.3. The van der Waals surface area contributed by atoms with Crippen LogP contribution in [0.15, 0.2) is 53.0 Å². The van der Waals surface area contributed by atoms with Crippen molar-refractivity contribution in [2.75, 3.05) is 0 Å². The van der Waals surface area contributed by atoms with Crippen LogP contribution in [0.5, 0.6) is 0 Å². The van der Waals surface area contributed by atoms with Crippen molar-refractivity contribution in [3.8, 4) is 0 Å². The second-order valence-electron chi connectivity index (χ2n) is 4.87. The molecule has 2 N–H and O–H groups in total. The van der Waals surface area contributed by atoms with Gasteiger partial charge >= 0.3 is 0 Å². The molecule has 1 atom stereocenters. The zero-order valence-corrected chi connectivity index (χ0v) is 12.8. The molecule has 2 aromatic carbocycles. The highest BCUT2D eigenvalue weighted by Gasteiger charge is 2.09. The highest BCUT2D eigenvalue weighted by molar-refractivity contribution is 9.10. The number of rotatable bonds is 4. The van der Waals surface area contributed by atoms with Gasteiger partial charge in [0, 0.05) is 11.0 Å². The van der Waals surface area contributed by atoms with Gasteiger partial charge in [0.2, 0.25) is 0 Å². The lowest BCUT2D eigenvalue weighted by Gasteiger charge is -2.11. The summed E-state index contributed by atoms with van der Waals surface area (Å²) in [6, 6.07) is 16.6. The van der Waals surface area contributed by atoms with Gasteiger partial charge in [-0.2, -0.15) is 0 Å². The Morgan fingerprint density at radius 1 is 1.15 bits per heavy atom. The van der Waals surface area contributed by atoms with Gasteiger partial charge in [-0.05, 0) is 36.8 Å². The lowest BCUT2D eigenvalue weighted by Crippen LogP contribution is -2.19. The number of benzene rings is 2. The molecule has 20 heavy (non-hydrogen) atoms. The Labute approximate surface area is 126 Å². The van der Waals surface area contributed by atoms with E-state index in [1.165, 1.54) is 5.56 Å². The summed E-state index contributed by atoms with van der Waals surface area (Å²) in [7, 11) is 0. The molecule has 0 fully saturated rings. The number of imidazole rings is 1. The van der Waals surface area contributed by atoms with E-state index in [-0.39, 0.29) is 6.04 Å². The van der Waals surface area contributed by atoms with Gasteiger partial charge < -0.3 is 10.3 Å². The number of fused-ring (bicyclic) bond motifs is 1. The van der Waals surface area contributed by atoms with Crippen LogP contribution >= 0.6 is 15.9 Å². The molecule has 0 aliphatic rings. The molecule has 1 unspecified atom stereocenters. The van der Waals surface area contributed by atoms with Gasteiger partial charge in [-0.3, -0.25) is 0 Å². The summed E-state index contributed by atoms with van der Waals surface area (Å²) < 4.78 is 1.10. The monoisotopic (exact) mass is 329 g/mol. The third-order valence-electron chi connectivity index (χ3n) is 3.34. The van der Waals surface area contributed by atoms with Gasteiger partial charge in [0.1, 0.15) is 5.82 Å². The number of para-hydroxylation sites is 2. The van der Waals surface area contributed by atoms with Crippen LogP contribution < -0.4 is 5.32 Å². The Morgan fingerprint density at radius 2 is 1.90 bits per heavy atom. The minimum atomic E-state index is 0.186. The molecule has 0 saturated carbocycles. The van der Waals surface area contributed by atoms with Crippen LogP contribution in [-0.4, -0.2) is 9.97 Å². The normalized spacial score (nSPS) is 12.7. The fourth-order valence-electron chi connectivity index (χ4n) is 2.15. The van der Waals surface area contributed by atoms with Crippen LogP contribution in [0.2, 0.25) is 0 Å². The van der Waals surface area contributed by atoms with Crippen molar-refractivity contribution in [2.24, 2.45) is 0 Å². The standard InChI is InChI=1S/C16H16BrN3/c1-11(18-10-12-6-8-13(17)9-7-12)16-19-14-4-2-3-5-15(14)20-16/h2-9,11,18H,10H2,1H3,(H,19,20). The molecule has 0 aliphatic heterocycles. The second-order valence-corrected chi connectivity index (χ2v) is 5.78. The average molecular weight is 330 g/mol. The number of hydrogen-bond acceptors (Lipinski definition) is 2. The predicted octanol–water partition coefficient (Wildman–Crippen LogP) is 4.18. The van der Waals surface area contributed by atoms with E-state index in [9.17, 15) is 0 Å². The summed E-state index contributed by atoms with van der Waals surface area (Å²) in [6.45, 7) is 2.95. The van der Waals surface area contributed by atoms with Gasteiger partial charge in [0.05, 0.1) is 17.1 Å². The molecule has 0 aliphatic carbocycles. The Kier molecular flexibility index (Phi) is 3.85. The molecule has 1 aromatic heterocycles. The average Bonchev–Trinajstić information content (AvgIpc) is 2.90. The van der Waals surface area contributed by atoms with Crippen molar-refractivity contribution in [1.82, 2.24) is 15.3 Å². The van der Waals surface area contributed by atoms with E-state index >= 15 is 0 Å². The third kappa shape index (κ3) is 2.92. The number of aromatic nitrogens is 2. The van der Waals surface area contributed by atoms with E-state index in [2.05, 4.69) is 62.4 Å². The van der Waals surface area contributed by atoms with Gasteiger partial charge in [-0.25, -0.2) is 4.98 Å². The molecule has 1 heterocycles. The lowest BCUT2D eigenvalue weighted by molar-refractivity contribution is 0.552. The maximum atomic E-state index is 4.61. The molecular weight excluding hydrogens is 314 g/mol. The second kappa shape index (κ2) is 5.77. The summed E-state index contributed by atoms with van der Waals surface area (Å²) in [6.07, 6.45) is 0. The maximum Gasteiger partial charge on any atom is 0.124 e. The van der Waals surface area contributed by atoms with E-state index in [0.717, 1.165) is 27.9 Å². The molecule has 3 aromatic rings. The minimum absolute atomic E-state index is 0.186. The number of nitrogens with zero attached hydrogens (tertiary/aromatic N) is 1. The first-order valence-electron chi connectivity index (χ1n) is 6.65. The molecule has 0 saturated heterocycles. The van der Waals surface area contributed by atoms with Gasteiger partial charge in [-0.15, -0.1) is 0 Å². The molecule has 0 spiro atoms. The van der Waals surface area contributed by atoms with Crippen molar-refractivity contribution in [3.05, 3.63) is 64.4 Å². The molecule has 0 bridgehead atoms. The molecule has 4 heteroatoms. The molecule has 102 valence electrons. The SMILES string of the molecule is CC(NCc1ccc(Br)cc1)c1nc2ccccc2[nH]1. The fourth-order valence-corrected chi connectivity index (χ4v) is 2.41. The Bertz CT molecular complexity index is 670. The first-order chi connectivity index (χ1) is 9.72. The number of halogens is 1. The largest absolute Gasteiger partial charge is 0.341 e. The van der Waals surface area contributed by atoms with Crippen LogP contribution in [0.25, 0.3) is 11.0 Å². The lowest BCUT2D eigenvalue weighted by atomic mass is 10.2. The number of H-pyrrole nitrogens is 1. The van der Waals surface area contributed by atoms with E-state index in [1.807, 2.05) is 24.3 Å².